The molecule has 0 saturated heterocycles. The summed E-state index contributed by atoms with van der Waals surface area (Å²) in [5.41, 5.74) is 3.58. The summed E-state index contributed by atoms with van der Waals surface area (Å²) in [5.74, 6) is -3.55. The van der Waals surface area contributed by atoms with E-state index in [0.717, 1.165) is 6.26 Å². The van der Waals surface area contributed by atoms with Crippen molar-refractivity contribution < 1.29 is 26.3 Å². The second-order valence-electron chi connectivity index (χ2n) is 10.9. The van der Waals surface area contributed by atoms with E-state index < -0.39 is 33.5 Å². The Labute approximate surface area is 240 Å². The Kier molecular flexibility index (Phi) is 6.75. The maximum absolute atomic E-state index is 15.6. The topological polar surface area (TPSA) is 105 Å². The molecule has 0 spiro atoms. The number of methoxy groups -OCH3 is 1. The average molecular weight is 599 g/mol. The van der Waals surface area contributed by atoms with Crippen molar-refractivity contribution in [1.29, 1.82) is 0 Å². The van der Waals surface area contributed by atoms with Crippen LogP contribution in [0.25, 0.3) is 33.2 Å². The summed E-state index contributed by atoms with van der Waals surface area (Å²) in [6, 6.07) is 6.72. The lowest BCUT2D eigenvalue weighted by atomic mass is 9.80. The lowest BCUT2D eigenvalue weighted by Gasteiger charge is -2.35. The SMILES string of the molecule is COc1cc(S(C)(=O)=O)cc2c1c1ncc(-c3c(C)nnn3C)cc1n2[C@@H](c1ncccc1F)C1CCC(F)(F)CC1. The minimum absolute atomic E-state index is 0.00164. The van der Waals surface area contributed by atoms with Gasteiger partial charge in [-0.3, -0.25) is 9.97 Å². The number of hydrogen-bond acceptors (Lipinski definition) is 7. The zero-order valence-corrected chi connectivity index (χ0v) is 24.3. The molecule has 1 fully saturated rings. The van der Waals surface area contributed by atoms with Crippen LogP contribution >= 0.6 is 0 Å². The summed E-state index contributed by atoms with van der Waals surface area (Å²) < 4.78 is 78.9. The molecule has 1 saturated carbocycles. The fraction of sp³-hybridized carbons (Fsp3) is 0.379. The number of fused-ring (bicyclic) bond motifs is 3. The molecule has 0 amide bonds. The van der Waals surface area contributed by atoms with Gasteiger partial charge in [0.15, 0.2) is 9.84 Å². The van der Waals surface area contributed by atoms with Crippen LogP contribution in [0, 0.1) is 18.7 Å². The predicted octanol–water partition coefficient (Wildman–Crippen LogP) is 5.65. The summed E-state index contributed by atoms with van der Waals surface area (Å²) in [7, 11) is -0.510. The molecule has 1 aromatic carbocycles. The van der Waals surface area contributed by atoms with Gasteiger partial charge >= 0.3 is 0 Å². The number of benzene rings is 1. The molecule has 13 heteroatoms. The fourth-order valence-corrected chi connectivity index (χ4v) is 6.82. The molecule has 4 aromatic heterocycles. The summed E-state index contributed by atoms with van der Waals surface area (Å²) in [4.78, 5) is 9.18. The molecule has 9 nitrogen and oxygen atoms in total. The van der Waals surface area contributed by atoms with Crippen molar-refractivity contribution in [2.24, 2.45) is 13.0 Å². The number of nitrogens with zero attached hydrogens (tertiary/aromatic N) is 6. The van der Waals surface area contributed by atoms with Gasteiger partial charge in [-0.05, 0) is 56.0 Å². The van der Waals surface area contributed by atoms with Gasteiger partial charge in [-0.15, -0.1) is 5.10 Å². The van der Waals surface area contributed by atoms with Gasteiger partial charge in [0.1, 0.15) is 11.6 Å². The number of halogens is 3. The molecule has 0 N–H and O–H groups in total. The Balaban J connectivity index is 1.75. The first-order valence-electron chi connectivity index (χ1n) is 13.5. The van der Waals surface area contributed by atoms with Crippen molar-refractivity contribution in [1.82, 2.24) is 29.5 Å². The Morgan fingerprint density at radius 2 is 1.86 bits per heavy atom. The molecule has 4 heterocycles. The lowest BCUT2D eigenvalue weighted by Crippen LogP contribution is -2.31. The molecule has 1 aliphatic rings. The Bertz CT molecular complexity index is 1920. The van der Waals surface area contributed by atoms with Gasteiger partial charge in [-0.25, -0.2) is 26.3 Å². The van der Waals surface area contributed by atoms with Crippen molar-refractivity contribution in [3.8, 4) is 17.0 Å². The molecule has 0 radical (unpaired) electrons. The second kappa shape index (κ2) is 10.1. The minimum Gasteiger partial charge on any atom is -0.496 e. The third kappa shape index (κ3) is 4.69. The molecular weight excluding hydrogens is 569 g/mol. The molecule has 1 aliphatic carbocycles. The van der Waals surface area contributed by atoms with Crippen LogP contribution in [0.2, 0.25) is 0 Å². The van der Waals surface area contributed by atoms with Gasteiger partial charge < -0.3 is 9.30 Å². The molecule has 5 aromatic rings. The van der Waals surface area contributed by atoms with E-state index in [9.17, 15) is 17.2 Å². The monoisotopic (exact) mass is 598 g/mol. The maximum atomic E-state index is 15.6. The van der Waals surface area contributed by atoms with Gasteiger partial charge in [0, 0.05) is 44.1 Å². The lowest BCUT2D eigenvalue weighted by molar-refractivity contribution is -0.0495. The van der Waals surface area contributed by atoms with Crippen LogP contribution < -0.4 is 4.74 Å². The molecule has 0 bridgehead atoms. The molecule has 0 unspecified atom stereocenters. The summed E-state index contributed by atoms with van der Waals surface area (Å²) >= 11 is 0. The zero-order chi connectivity index (χ0) is 30.0. The number of rotatable bonds is 6. The highest BCUT2D eigenvalue weighted by molar-refractivity contribution is 7.90. The van der Waals surface area contributed by atoms with E-state index in [1.165, 1.54) is 37.6 Å². The van der Waals surface area contributed by atoms with Crippen molar-refractivity contribution in [3.05, 3.63) is 59.9 Å². The Hall–Kier alpha value is -4.00. The number of aryl methyl sites for hydroxylation is 2. The highest BCUT2D eigenvalue weighted by atomic mass is 32.2. The average Bonchev–Trinajstić information content (AvgIpc) is 3.45. The van der Waals surface area contributed by atoms with Gasteiger partial charge in [-0.2, -0.15) is 0 Å². The predicted molar refractivity (Wildman–Crippen MR) is 151 cm³/mol. The van der Waals surface area contributed by atoms with Gasteiger partial charge in [0.25, 0.3) is 0 Å². The summed E-state index contributed by atoms with van der Waals surface area (Å²) in [5, 5.41) is 8.77. The van der Waals surface area contributed by atoms with E-state index in [4.69, 9.17) is 9.72 Å². The first-order valence-corrected chi connectivity index (χ1v) is 15.4. The van der Waals surface area contributed by atoms with E-state index in [-0.39, 0.29) is 42.0 Å². The van der Waals surface area contributed by atoms with Crippen molar-refractivity contribution in [2.75, 3.05) is 13.4 Å². The van der Waals surface area contributed by atoms with Crippen LogP contribution in [0.5, 0.6) is 5.75 Å². The Morgan fingerprint density at radius 1 is 1.12 bits per heavy atom. The quantitative estimate of drug-likeness (QED) is 0.249. The third-order valence-corrected chi connectivity index (χ3v) is 9.24. The number of ether oxygens (including phenoxy) is 1. The standard InChI is InChI=1S/C29H29F3N6O3S/c1-16-27(37(2)36-35-16)18-12-22-26(34-15-18)24-21(13-19(42(4,39)40)14-23(24)41-3)38(22)28(25-20(30)6-5-11-33-25)17-7-9-29(31,32)10-8-17/h5-6,11-15,17,28H,7-10H2,1-4H3/t28-/m1/s1. The molecular formula is C29H29F3N6O3S. The van der Waals surface area contributed by atoms with Gasteiger partial charge in [-0.1, -0.05) is 5.21 Å². The maximum Gasteiger partial charge on any atom is 0.248 e. The first-order chi connectivity index (χ1) is 19.9. The summed E-state index contributed by atoms with van der Waals surface area (Å²) in [6.45, 7) is 1.82. The van der Waals surface area contributed by atoms with Crippen LogP contribution in [0.1, 0.15) is 43.1 Å². The van der Waals surface area contributed by atoms with Crippen LogP contribution in [0.15, 0.2) is 47.6 Å². The highest BCUT2D eigenvalue weighted by Gasteiger charge is 2.41. The number of pyridine rings is 2. The molecule has 6 rings (SSSR count). The molecule has 42 heavy (non-hydrogen) atoms. The van der Waals surface area contributed by atoms with Crippen molar-refractivity contribution >= 4 is 31.8 Å². The first kappa shape index (κ1) is 28.1. The van der Waals surface area contributed by atoms with E-state index >= 15 is 4.39 Å². The zero-order valence-electron chi connectivity index (χ0n) is 23.5. The third-order valence-electron chi connectivity index (χ3n) is 8.15. The number of hydrogen-bond donors (Lipinski definition) is 0. The van der Waals surface area contributed by atoms with Crippen LogP contribution in [-0.2, 0) is 16.9 Å². The van der Waals surface area contributed by atoms with E-state index in [1.54, 1.807) is 22.5 Å². The normalized spacial score (nSPS) is 16.7. The Morgan fingerprint density at radius 3 is 2.48 bits per heavy atom. The molecule has 0 aliphatic heterocycles. The van der Waals surface area contributed by atoms with E-state index in [0.29, 0.717) is 38.9 Å². The van der Waals surface area contributed by atoms with Gasteiger partial charge in [0.2, 0.25) is 5.92 Å². The van der Waals surface area contributed by atoms with E-state index in [1.807, 2.05) is 13.0 Å². The van der Waals surface area contributed by atoms with Crippen LogP contribution in [0.4, 0.5) is 13.2 Å². The van der Waals surface area contributed by atoms with Crippen molar-refractivity contribution in [3.63, 3.8) is 0 Å². The highest BCUT2D eigenvalue weighted by Crippen LogP contribution is 2.47. The number of aromatic nitrogens is 6. The van der Waals surface area contributed by atoms with E-state index in [2.05, 4.69) is 15.3 Å². The fourth-order valence-electron chi connectivity index (χ4n) is 6.17. The largest absolute Gasteiger partial charge is 0.496 e. The number of alkyl halides is 2. The smallest absolute Gasteiger partial charge is 0.248 e. The van der Waals surface area contributed by atoms with Crippen LogP contribution in [-0.4, -0.2) is 57.2 Å². The minimum atomic E-state index is -3.70. The molecule has 1 atom stereocenters. The summed E-state index contributed by atoms with van der Waals surface area (Å²) in [6.07, 6.45) is 3.77. The van der Waals surface area contributed by atoms with Crippen LogP contribution in [0.3, 0.4) is 0 Å². The number of sulfone groups is 1. The van der Waals surface area contributed by atoms with Gasteiger partial charge in [0.05, 0.1) is 57.1 Å². The van der Waals surface area contributed by atoms with Crippen molar-refractivity contribution in [2.45, 2.75) is 49.5 Å². The molecule has 220 valence electrons. The second-order valence-corrected chi connectivity index (χ2v) is 12.9.